The summed E-state index contributed by atoms with van der Waals surface area (Å²) < 4.78 is 43.3. The summed E-state index contributed by atoms with van der Waals surface area (Å²) in [6.45, 7) is 11.1. The average molecular weight is 721 g/mol. The molecule has 0 fully saturated rings. The molecule has 3 unspecified atom stereocenters. The predicted molar refractivity (Wildman–Crippen MR) is 186 cm³/mol. The van der Waals surface area contributed by atoms with Crippen LogP contribution in [0.5, 0.6) is 11.5 Å². The molecule has 2 rings (SSSR count). The van der Waals surface area contributed by atoms with Crippen molar-refractivity contribution in [3.05, 3.63) is 33.9 Å². The summed E-state index contributed by atoms with van der Waals surface area (Å²) in [7, 11) is 2.89. The highest BCUT2D eigenvalue weighted by Crippen LogP contribution is 2.43. The molecule has 0 amide bonds. The van der Waals surface area contributed by atoms with Gasteiger partial charge in [-0.1, -0.05) is 44.3 Å². The van der Waals surface area contributed by atoms with Gasteiger partial charge in [-0.3, -0.25) is 19.2 Å². The SMILES string of the molecule is CCOCC(COC(C)=O)OC(=O)CC(C)CCCCCCC(=O)OC(C)Oc1c(C/C=C(\C)CCC(=O)OC)c(OC)c(C)c2c1C(=O)OC2. The number of allylic oxidation sites excluding steroid dienone is 2. The Morgan fingerprint density at radius 3 is 2.27 bits per heavy atom. The van der Waals surface area contributed by atoms with Crippen molar-refractivity contribution >= 4 is 29.8 Å². The standard InChI is InChI=1S/C38H56O13/c1-9-46-21-29(22-47-27(5)39)51-34(42)20-25(3)14-12-10-11-13-15-33(41)49-28(6)50-37-30(18-16-24(2)17-19-32(40)44-7)36(45-8)26(4)31-23-48-38(43)35(31)37/h16,25,28-29H,9-15,17-23H2,1-8H3/b24-16+. The van der Waals surface area contributed by atoms with Crippen LogP contribution < -0.4 is 9.47 Å². The van der Waals surface area contributed by atoms with Gasteiger partial charge in [0.25, 0.3) is 0 Å². The molecule has 0 aromatic heterocycles. The first-order chi connectivity index (χ1) is 24.3. The third-order valence-corrected chi connectivity index (χ3v) is 8.43. The number of hydrogen-bond acceptors (Lipinski definition) is 13. The fourth-order valence-electron chi connectivity index (χ4n) is 5.67. The molecule has 0 saturated heterocycles. The maximum absolute atomic E-state index is 12.8. The zero-order valence-corrected chi connectivity index (χ0v) is 31.5. The fraction of sp³-hybridized carbons (Fsp3) is 0.658. The van der Waals surface area contributed by atoms with Crippen LogP contribution in [0.2, 0.25) is 0 Å². The van der Waals surface area contributed by atoms with Crippen LogP contribution in [0.15, 0.2) is 11.6 Å². The van der Waals surface area contributed by atoms with Crippen molar-refractivity contribution in [1.29, 1.82) is 0 Å². The van der Waals surface area contributed by atoms with Crippen molar-refractivity contribution in [2.45, 2.75) is 125 Å². The minimum Gasteiger partial charge on any atom is -0.496 e. The zero-order valence-electron chi connectivity index (χ0n) is 31.5. The number of carbonyl (C=O) groups is 5. The minimum absolute atomic E-state index is 0.0423. The summed E-state index contributed by atoms with van der Waals surface area (Å²) in [5.74, 6) is -1.16. The summed E-state index contributed by atoms with van der Waals surface area (Å²) in [4.78, 5) is 60.7. The molecule has 0 bridgehead atoms. The lowest BCUT2D eigenvalue weighted by Crippen LogP contribution is -2.30. The summed E-state index contributed by atoms with van der Waals surface area (Å²) >= 11 is 0. The number of esters is 5. The number of hydrogen-bond donors (Lipinski definition) is 0. The van der Waals surface area contributed by atoms with E-state index in [-0.39, 0.29) is 62.7 Å². The van der Waals surface area contributed by atoms with E-state index < -0.39 is 30.3 Å². The molecular weight excluding hydrogens is 664 g/mol. The van der Waals surface area contributed by atoms with Gasteiger partial charge in [0.05, 0.1) is 20.8 Å². The third kappa shape index (κ3) is 14.9. The highest BCUT2D eigenvalue weighted by molar-refractivity contribution is 5.98. The lowest BCUT2D eigenvalue weighted by atomic mass is 9.94. The second-order valence-corrected chi connectivity index (χ2v) is 12.7. The normalized spacial score (nSPS) is 14.1. The van der Waals surface area contributed by atoms with E-state index in [1.807, 2.05) is 33.8 Å². The highest BCUT2D eigenvalue weighted by atomic mass is 16.7. The van der Waals surface area contributed by atoms with Crippen LogP contribution in [0.25, 0.3) is 0 Å². The minimum atomic E-state index is -0.992. The van der Waals surface area contributed by atoms with Gasteiger partial charge >= 0.3 is 29.8 Å². The van der Waals surface area contributed by atoms with Crippen molar-refractivity contribution in [2.75, 3.05) is 34.0 Å². The van der Waals surface area contributed by atoms with Gasteiger partial charge in [-0.05, 0) is 51.5 Å². The first-order valence-corrected chi connectivity index (χ1v) is 17.7. The molecule has 3 atom stereocenters. The van der Waals surface area contributed by atoms with Gasteiger partial charge in [0.1, 0.15) is 30.3 Å². The third-order valence-electron chi connectivity index (χ3n) is 8.43. The fourth-order valence-corrected chi connectivity index (χ4v) is 5.67. The number of unbranched alkanes of at least 4 members (excludes halogenated alkanes) is 3. The molecule has 0 radical (unpaired) electrons. The van der Waals surface area contributed by atoms with E-state index in [0.29, 0.717) is 48.3 Å². The van der Waals surface area contributed by atoms with Gasteiger partial charge in [-0.15, -0.1) is 0 Å². The van der Waals surface area contributed by atoms with Gasteiger partial charge in [0, 0.05) is 50.8 Å². The summed E-state index contributed by atoms with van der Waals surface area (Å²) in [5.41, 5.74) is 3.29. The number of benzene rings is 1. The summed E-state index contributed by atoms with van der Waals surface area (Å²) in [6, 6.07) is 0. The maximum atomic E-state index is 12.8. The lowest BCUT2D eigenvalue weighted by molar-refractivity contribution is -0.162. The number of methoxy groups -OCH3 is 2. The van der Waals surface area contributed by atoms with Crippen LogP contribution in [-0.2, 0) is 60.6 Å². The second kappa shape index (κ2) is 22.6. The molecule has 1 aliphatic heterocycles. The van der Waals surface area contributed by atoms with E-state index in [1.54, 1.807) is 14.0 Å². The van der Waals surface area contributed by atoms with Crippen molar-refractivity contribution in [1.82, 2.24) is 0 Å². The van der Waals surface area contributed by atoms with E-state index in [2.05, 4.69) is 0 Å². The molecule has 13 heteroatoms. The molecule has 1 aromatic carbocycles. The molecule has 0 aliphatic carbocycles. The highest BCUT2D eigenvalue weighted by Gasteiger charge is 2.34. The molecule has 13 nitrogen and oxygen atoms in total. The average Bonchev–Trinajstić information content (AvgIpc) is 3.47. The van der Waals surface area contributed by atoms with Gasteiger partial charge in [0.15, 0.2) is 6.10 Å². The van der Waals surface area contributed by atoms with Crippen LogP contribution in [-0.4, -0.2) is 76.3 Å². The number of fused-ring (bicyclic) bond motifs is 1. The van der Waals surface area contributed by atoms with Gasteiger partial charge in [-0.25, -0.2) is 4.79 Å². The van der Waals surface area contributed by atoms with Crippen LogP contribution in [0.1, 0.15) is 119 Å². The van der Waals surface area contributed by atoms with E-state index in [0.717, 1.165) is 36.8 Å². The summed E-state index contributed by atoms with van der Waals surface area (Å²) in [6.07, 6.45) is 5.86. The van der Waals surface area contributed by atoms with Crippen LogP contribution in [0, 0.1) is 12.8 Å². The number of cyclic esters (lactones) is 1. The first-order valence-electron chi connectivity index (χ1n) is 17.7. The van der Waals surface area contributed by atoms with Gasteiger partial charge in [0.2, 0.25) is 6.29 Å². The van der Waals surface area contributed by atoms with Gasteiger partial charge in [-0.2, -0.15) is 0 Å². The van der Waals surface area contributed by atoms with Crippen LogP contribution in [0.3, 0.4) is 0 Å². The van der Waals surface area contributed by atoms with Crippen molar-refractivity contribution in [2.24, 2.45) is 5.92 Å². The Morgan fingerprint density at radius 2 is 1.61 bits per heavy atom. The Bertz CT molecular complexity index is 1370. The quantitative estimate of drug-likeness (QED) is 0.0387. The van der Waals surface area contributed by atoms with Gasteiger partial charge < -0.3 is 37.9 Å². The lowest BCUT2D eigenvalue weighted by Gasteiger charge is -2.22. The molecule has 0 N–H and O–H groups in total. The number of carbonyl (C=O) groups excluding carboxylic acids is 5. The maximum Gasteiger partial charge on any atom is 0.342 e. The Morgan fingerprint density at radius 1 is 0.882 bits per heavy atom. The van der Waals surface area contributed by atoms with E-state index in [4.69, 9.17) is 37.9 Å². The Hall–Kier alpha value is -4.13. The Kier molecular flexibility index (Phi) is 19.1. The molecule has 0 saturated carbocycles. The smallest absolute Gasteiger partial charge is 0.342 e. The van der Waals surface area contributed by atoms with E-state index in [1.165, 1.54) is 14.0 Å². The van der Waals surface area contributed by atoms with E-state index in [9.17, 15) is 24.0 Å². The summed E-state index contributed by atoms with van der Waals surface area (Å²) in [5, 5.41) is 0. The molecule has 0 spiro atoms. The largest absolute Gasteiger partial charge is 0.496 e. The van der Waals surface area contributed by atoms with Crippen molar-refractivity contribution < 1.29 is 61.9 Å². The molecular formula is C38H56O13. The zero-order chi connectivity index (χ0) is 37.9. The van der Waals surface area contributed by atoms with Crippen molar-refractivity contribution in [3.8, 4) is 11.5 Å². The molecule has 1 aliphatic rings. The molecule has 1 aromatic rings. The number of rotatable bonds is 24. The molecule has 51 heavy (non-hydrogen) atoms. The van der Waals surface area contributed by atoms with Crippen molar-refractivity contribution in [3.63, 3.8) is 0 Å². The first kappa shape index (κ1) is 43.0. The second-order valence-electron chi connectivity index (χ2n) is 12.7. The predicted octanol–water partition coefficient (Wildman–Crippen LogP) is 6.26. The van der Waals surface area contributed by atoms with E-state index >= 15 is 0 Å². The Balaban J connectivity index is 1.88. The van der Waals surface area contributed by atoms with Crippen LogP contribution >= 0.6 is 0 Å². The number of ether oxygens (including phenoxy) is 8. The van der Waals surface area contributed by atoms with Crippen LogP contribution in [0.4, 0.5) is 0 Å². The molecule has 1 heterocycles. The monoisotopic (exact) mass is 720 g/mol. The topological polar surface area (TPSA) is 159 Å². The Labute approximate surface area is 301 Å². The molecule has 286 valence electrons.